The van der Waals surface area contributed by atoms with Crippen molar-refractivity contribution >= 4 is 34.1 Å². The molecular formula is C38H38N2O4. The highest BCUT2D eigenvalue weighted by atomic mass is 16.5. The Morgan fingerprint density at radius 2 is 1.77 bits per heavy atom. The van der Waals surface area contributed by atoms with Gasteiger partial charge in [-0.2, -0.15) is 0 Å². The number of hydrogen-bond donors (Lipinski definition) is 4. The summed E-state index contributed by atoms with van der Waals surface area (Å²) in [6, 6.07) is 27.3. The molecule has 0 heterocycles. The van der Waals surface area contributed by atoms with Gasteiger partial charge in [0, 0.05) is 23.6 Å². The lowest BCUT2D eigenvalue weighted by Crippen LogP contribution is -2.28. The summed E-state index contributed by atoms with van der Waals surface area (Å²) >= 11 is 0. The second-order valence-electron chi connectivity index (χ2n) is 10.8. The molecule has 0 unspecified atom stereocenters. The number of aliphatic hydroxyl groups is 2. The molecule has 0 saturated heterocycles. The van der Waals surface area contributed by atoms with Crippen molar-refractivity contribution in [3.63, 3.8) is 0 Å². The zero-order valence-electron chi connectivity index (χ0n) is 24.9. The summed E-state index contributed by atoms with van der Waals surface area (Å²) in [4.78, 5) is 12.7. The van der Waals surface area contributed by atoms with Crippen molar-refractivity contribution in [1.29, 1.82) is 0 Å². The van der Waals surface area contributed by atoms with E-state index in [1.54, 1.807) is 0 Å². The van der Waals surface area contributed by atoms with Gasteiger partial charge in [0.1, 0.15) is 12.4 Å². The molecule has 0 aliphatic heterocycles. The first kappa shape index (κ1) is 30.5. The molecule has 6 nitrogen and oxygen atoms in total. The van der Waals surface area contributed by atoms with Crippen LogP contribution in [0.2, 0.25) is 0 Å². The van der Waals surface area contributed by atoms with Gasteiger partial charge in [0.25, 0.3) is 0 Å². The largest absolute Gasteiger partial charge is 0.488 e. The first-order chi connectivity index (χ1) is 21.6. The summed E-state index contributed by atoms with van der Waals surface area (Å²) in [5.41, 5.74) is 5.11. The number of hydrogen-bond acceptors (Lipinski definition) is 4. The van der Waals surface area contributed by atoms with Crippen LogP contribution >= 0.6 is 0 Å². The molecule has 0 spiro atoms. The average Bonchev–Trinajstić information content (AvgIpc) is 3.25. The lowest BCUT2D eigenvalue weighted by molar-refractivity contribution is 0.254. The predicted molar refractivity (Wildman–Crippen MR) is 179 cm³/mol. The number of anilines is 1. The summed E-state index contributed by atoms with van der Waals surface area (Å²) in [5, 5.41) is 29.8. The van der Waals surface area contributed by atoms with Crippen molar-refractivity contribution in [1.82, 2.24) is 5.32 Å². The lowest BCUT2D eigenvalue weighted by Gasteiger charge is -2.17. The molecule has 4 aromatic rings. The Morgan fingerprint density at radius 3 is 2.64 bits per heavy atom. The molecule has 5 rings (SSSR count). The molecule has 4 aromatic carbocycles. The number of rotatable bonds is 10. The summed E-state index contributed by atoms with van der Waals surface area (Å²) in [5.74, 6) is 0.657. The van der Waals surface area contributed by atoms with Crippen LogP contribution in [0.1, 0.15) is 37.3 Å². The molecule has 0 radical (unpaired) electrons. The highest BCUT2D eigenvalue weighted by molar-refractivity contribution is 5.96. The number of carbonyl (C=O) groups is 1. The fourth-order valence-corrected chi connectivity index (χ4v) is 5.28. The van der Waals surface area contributed by atoms with E-state index >= 15 is 0 Å². The molecule has 4 N–H and O–H groups in total. The van der Waals surface area contributed by atoms with Gasteiger partial charge in [-0.05, 0) is 88.9 Å². The van der Waals surface area contributed by atoms with Gasteiger partial charge in [-0.15, -0.1) is 0 Å². The highest BCUT2D eigenvalue weighted by Gasteiger charge is 2.15. The number of aliphatic hydroxyl groups excluding tert-OH is 2. The number of amides is 2. The van der Waals surface area contributed by atoms with Crippen molar-refractivity contribution in [3.05, 3.63) is 142 Å². The summed E-state index contributed by atoms with van der Waals surface area (Å²) in [6.45, 7) is 2.28. The van der Waals surface area contributed by atoms with Crippen LogP contribution in [-0.2, 0) is 6.61 Å². The molecule has 0 aromatic heterocycles. The van der Waals surface area contributed by atoms with Crippen LogP contribution < -0.4 is 25.8 Å². The van der Waals surface area contributed by atoms with Crippen LogP contribution in [0.15, 0.2) is 121 Å². The Bertz CT molecular complexity index is 1850. The third kappa shape index (κ3) is 7.72. The van der Waals surface area contributed by atoms with Gasteiger partial charge in [0.05, 0.1) is 6.61 Å². The maximum atomic E-state index is 12.7. The molecular weight excluding hydrogens is 548 g/mol. The quantitative estimate of drug-likeness (QED) is 0.170. The van der Waals surface area contributed by atoms with E-state index < -0.39 is 0 Å². The van der Waals surface area contributed by atoms with Crippen LogP contribution in [-0.4, -0.2) is 29.5 Å². The number of ether oxygens (including phenoxy) is 1. The van der Waals surface area contributed by atoms with E-state index in [2.05, 4.69) is 29.7 Å². The molecule has 0 atom stereocenters. The number of unbranched alkanes of at least 4 members (excludes halogenated alkanes) is 1. The third-order valence-electron chi connectivity index (χ3n) is 7.48. The number of allylic oxidation sites excluding steroid dienone is 5. The minimum absolute atomic E-state index is 0.130. The smallest absolute Gasteiger partial charge is 0.323 e. The molecule has 44 heavy (non-hydrogen) atoms. The van der Waals surface area contributed by atoms with Gasteiger partial charge in [-0.3, -0.25) is 0 Å². The second kappa shape index (κ2) is 15.0. The first-order valence-corrected chi connectivity index (χ1v) is 14.9. The van der Waals surface area contributed by atoms with Gasteiger partial charge in [0.2, 0.25) is 0 Å². The third-order valence-corrected chi connectivity index (χ3v) is 7.48. The Labute approximate surface area is 258 Å². The Kier molecular flexibility index (Phi) is 10.4. The monoisotopic (exact) mass is 586 g/mol. The van der Waals surface area contributed by atoms with Crippen LogP contribution in [0.4, 0.5) is 10.5 Å². The van der Waals surface area contributed by atoms with Crippen molar-refractivity contribution < 1.29 is 19.7 Å². The molecule has 0 fully saturated rings. The van der Waals surface area contributed by atoms with E-state index in [0.29, 0.717) is 17.9 Å². The number of urea groups is 1. The number of nitrogens with one attached hydrogen (secondary N) is 2. The van der Waals surface area contributed by atoms with Gasteiger partial charge < -0.3 is 25.6 Å². The van der Waals surface area contributed by atoms with E-state index in [0.717, 1.165) is 56.4 Å². The van der Waals surface area contributed by atoms with Gasteiger partial charge in [0.15, 0.2) is 0 Å². The highest BCUT2D eigenvalue weighted by Crippen LogP contribution is 2.33. The van der Waals surface area contributed by atoms with E-state index in [1.807, 2.05) is 103 Å². The minimum atomic E-state index is -0.319. The molecule has 0 saturated carbocycles. The SMILES string of the molecule is CC1=CC=C(NC(=O)Nc2cccc(COc3ccc4ccccc4c3/C(CO)=c3\cccc\c3=C\CCCO)c2)C=CC1. The van der Waals surface area contributed by atoms with Gasteiger partial charge in [-0.1, -0.05) is 90.5 Å². The lowest BCUT2D eigenvalue weighted by atomic mass is 9.95. The van der Waals surface area contributed by atoms with E-state index in [4.69, 9.17) is 4.74 Å². The zero-order chi connectivity index (χ0) is 30.7. The fourth-order valence-electron chi connectivity index (χ4n) is 5.28. The van der Waals surface area contributed by atoms with Crippen LogP contribution in [0, 0.1) is 0 Å². The molecule has 224 valence electrons. The first-order valence-electron chi connectivity index (χ1n) is 14.9. The molecule has 1 aliphatic carbocycles. The number of fused-ring (bicyclic) bond motifs is 1. The number of benzene rings is 4. The number of carbonyl (C=O) groups excluding carboxylic acids is 1. The Hall–Kier alpha value is -4.91. The van der Waals surface area contributed by atoms with E-state index in [-0.39, 0.29) is 25.9 Å². The maximum absolute atomic E-state index is 12.7. The van der Waals surface area contributed by atoms with Crippen LogP contribution in [0.3, 0.4) is 0 Å². The van der Waals surface area contributed by atoms with Crippen molar-refractivity contribution in [3.8, 4) is 5.75 Å². The normalized spacial score (nSPS) is 14.0. The summed E-state index contributed by atoms with van der Waals surface area (Å²) < 4.78 is 6.45. The Balaban J connectivity index is 1.43. The van der Waals surface area contributed by atoms with Crippen molar-refractivity contribution in [2.45, 2.75) is 32.8 Å². The fraction of sp³-hybridized carbons (Fsp3) is 0.184. The average molecular weight is 587 g/mol. The van der Waals surface area contributed by atoms with Crippen LogP contribution in [0.5, 0.6) is 5.75 Å². The Morgan fingerprint density at radius 1 is 0.932 bits per heavy atom. The molecule has 0 bridgehead atoms. The molecule has 1 aliphatic rings. The predicted octanol–water partition coefficient (Wildman–Crippen LogP) is 6.07. The molecule has 2 amide bonds. The van der Waals surface area contributed by atoms with E-state index in [1.165, 1.54) is 5.57 Å². The standard InChI is InChI=1S/C38H38N2O4/c1-27-10-8-15-31(21-19-27)39-38(43)40-32-16-9-11-28(24-32)26-44-36-22-20-30-13-3-5-18-34(30)37(36)35(25-42)33-17-4-2-12-29(33)14-6-7-23-41/h2-5,8-9,11-22,24,41-42H,6-7,10,23,25-26H2,1H3,(H2,39,40,43)/b29-14-,35-33+. The van der Waals surface area contributed by atoms with Crippen LogP contribution in [0.25, 0.3) is 22.4 Å². The zero-order valence-corrected chi connectivity index (χ0v) is 24.9. The van der Waals surface area contributed by atoms with Crippen molar-refractivity contribution in [2.75, 3.05) is 18.5 Å². The summed E-state index contributed by atoms with van der Waals surface area (Å²) in [6.07, 6.45) is 12.2. The van der Waals surface area contributed by atoms with E-state index in [9.17, 15) is 15.0 Å². The van der Waals surface area contributed by atoms with Gasteiger partial charge in [-0.25, -0.2) is 4.79 Å². The maximum Gasteiger partial charge on any atom is 0.323 e. The minimum Gasteiger partial charge on any atom is -0.488 e. The topological polar surface area (TPSA) is 90.8 Å². The second-order valence-corrected chi connectivity index (χ2v) is 10.8. The molecule has 6 heteroatoms. The summed E-state index contributed by atoms with van der Waals surface area (Å²) in [7, 11) is 0. The van der Waals surface area contributed by atoms with Crippen molar-refractivity contribution in [2.24, 2.45) is 0 Å². The van der Waals surface area contributed by atoms with Gasteiger partial charge >= 0.3 is 6.03 Å².